The first-order valence-electron chi connectivity index (χ1n) is 7.69. The van der Waals surface area contributed by atoms with Gasteiger partial charge in [-0.25, -0.2) is 0 Å². The number of aliphatic hydroxyl groups excluding tert-OH is 1. The molecule has 0 aromatic rings. The van der Waals surface area contributed by atoms with Crippen LogP contribution in [0.25, 0.3) is 0 Å². The Morgan fingerprint density at radius 1 is 1.40 bits per heavy atom. The lowest BCUT2D eigenvalue weighted by Gasteiger charge is -2.59. The lowest BCUT2D eigenvalue weighted by atomic mass is 9.47. The number of hydrogen-bond acceptors (Lipinski definition) is 3. The second kappa shape index (κ2) is 5.18. The summed E-state index contributed by atoms with van der Waals surface area (Å²) in [5.74, 6) is 0.445. The van der Waals surface area contributed by atoms with Gasteiger partial charge in [0.25, 0.3) is 0 Å². The van der Waals surface area contributed by atoms with E-state index in [-0.39, 0.29) is 35.4 Å². The molecule has 0 aromatic heterocycles. The molecule has 2 fully saturated rings. The molecule has 0 amide bonds. The van der Waals surface area contributed by atoms with Gasteiger partial charge in [-0.05, 0) is 37.0 Å². The first kappa shape index (κ1) is 15.6. The maximum atomic E-state index is 11.3. The van der Waals surface area contributed by atoms with E-state index in [0.29, 0.717) is 5.92 Å². The van der Waals surface area contributed by atoms with Crippen molar-refractivity contribution in [3.63, 3.8) is 0 Å². The number of ether oxygens (including phenoxy) is 1. The topological polar surface area (TPSA) is 46.5 Å². The van der Waals surface area contributed by atoms with Gasteiger partial charge in [0.15, 0.2) is 0 Å². The molecule has 3 heteroatoms. The summed E-state index contributed by atoms with van der Waals surface area (Å²) in [7, 11) is 0. The highest BCUT2D eigenvalue weighted by Crippen LogP contribution is 2.61. The minimum Gasteiger partial charge on any atom is -0.462 e. The number of rotatable bonds is 2. The summed E-state index contributed by atoms with van der Waals surface area (Å²) in [6.45, 7) is 12.6. The summed E-state index contributed by atoms with van der Waals surface area (Å²) in [6.07, 6.45) is 3.91. The zero-order valence-electron chi connectivity index (χ0n) is 13.2. The molecule has 0 unspecified atom stereocenters. The Labute approximate surface area is 122 Å². The molecule has 0 bridgehead atoms. The lowest BCUT2D eigenvalue weighted by molar-refractivity contribution is -0.175. The van der Waals surface area contributed by atoms with Crippen LogP contribution in [0.5, 0.6) is 0 Å². The molecule has 3 nitrogen and oxygen atoms in total. The second-order valence-electron chi connectivity index (χ2n) is 7.45. The third-order valence-electron chi connectivity index (χ3n) is 6.00. The molecular formula is C17H28O3. The van der Waals surface area contributed by atoms with Crippen LogP contribution in [0, 0.1) is 22.7 Å². The fourth-order valence-electron chi connectivity index (χ4n) is 4.90. The van der Waals surface area contributed by atoms with Crippen LogP contribution in [0.4, 0.5) is 0 Å². The SMILES string of the molecule is C=C1CC[C@H]2C(C)(C)[C@@H](OC(C)=O)CC[C@]2(C)[C@H]1CO. The summed E-state index contributed by atoms with van der Waals surface area (Å²) >= 11 is 0. The molecule has 0 spiro atoms. The number of esters is 1. The van der Waals surface area contributed by atoms with Gasteiger partial charge in [0.1, 0.15) is 6.10 Å². The first-order valence-corrected chi connectivity index (χ1v) is 7.69. The van der Waals surface area contributed by atoms with Crippen LogP contribution in [-0.2, 0) is 9.53 Å². The van der Waals surface area contributed by atoms with Crippen LogP contribution >= 0.6 is 0 Å². The van der Waals surface area contributed by atoms with E-state index in [9.17, 15) is 9.90 Å². The molecule has 114 valence electrons. The Bertz CT molecular complexity index is 412. The third-order valence-corrected chi connectivity index (χ3v) is 6.00. The van der Waals surface area contributed by atoms with E-state index in [1.54, 1.807) is 0 Å². The van der Waals surface area contributed by atoms with E-state index in [0.717, 1.165) is 25.7 Å². The molecule has 20 heavy (non-hydrogen) atoms. The normalized spacial score (nSPS) is 40.0. The fraction of sp³-hybridized carbons (Fsp3) is 0.824. The molecule has 2 saturated carbocycles. The molecule has 2 aliphatic carbocycles. The summed E-state index contributed by atoms with van der Waals surface area (Å²) in [4.78, 5) is 11.3. The molecule has 4 atom stereocenters. The quantitative estimate of drug-likeness (QED) is 0.623. The van der Waals surface area contributed by atoms with Gasteiger partial charge >= 0.3 is 5.97 Å². The second-order valence-corrected chi connectivity index (χ2v) is 7.45. The Morgan fingerprint density at radius 2 is 2.05 bits per heavy atom. The average Bonchev–Trinajstić information content (AvgIpc) is 2.32. The van der Waals surface area contributed by atoms with Crippen molar-refractivity contribution in [2.45, 2.75) is 59.5 Å². The van der Waals surface area contributed by atoms with E-state index >= 15 is 0 Å². The van der Waals surface area contributed by atoms with Gasteiger partial charge in [-0.2, -0.15) is 0 Å². The van der Waals surface area contributed by atoms with Gasteiger partial charge in [-0.1, -0.05) is 32.9 Å². The standard InChI is InChI=1S/C17H28O3/c1-11-6-7-14-16(3,4)15(20-12(2)19)8-9-17(14,5)13(11)10-18/h13-15,18H,1,6-10H2,2-5H3/t13-,14-,15-,17+/m0/s1. The molecular weight excluding hydrogens is 252 g/mol. The smallest absolute Gasteiger partial charge is 0.302 e. The number of aliphatic hydroxyl groups is 1. The van der Waals surface area contributed by atoms with Crippen LogP contribution in [0.1, 0.15) is 53.4 Å². The molecule has 2 aliphatic rings. The zero-order chi connectivity index (χ0) is 15.1. The highest BCUT2D eigenvalue weighted by atomic mass is 16.5. The van der Waals surface area contributed by atoms with Crippen LogP contribution in [0.15, 0.2) is 12.2 Å². The third kappa shape index (κ3) is 2.30. The Hall–Kier alpha value is -0.830. The predicted octanol–water partition coefficient (Wildman–Crippen LogP) is 3.32. The number of fused-ring (bicyclic) bond motifs is 1. The molecule has 0 aliphatic heterocycles. The zero-order valence-corrected chi connectivity index (χ0v) is 13.2. The molecule has 0 radical (unpaired) electrons. The largest absolute Gasteiger partial charge is 0.462 e. The molecule has 0 heterocycles. The maximum Gasteiger partial charge on any atom is 0.302 e. The van der Waals surface area contributed by atoms with E-state index in [2.05, 4.69) is 27.4 Å². The number of hydrogen-bond donors (Lipinski definition) is 1. The van der Waals surface area contributed by atoms with Crippen molar-refractivity contribution in [3.05, 3.63) is 12.2 Å². The molecule has 2 rings (SSSR count). The Morgan fingerprint density at radius 3 is 2.60 bits per heavy atom. The van der Waals surface area contributed by atoms with Crippen molar-refractivity contribution in [1.29, 1.82) is 0 Å². The van der Waals surface area contributed by atoms with Crippen molar-refractivity contribution in [3.8, 4) is 0 Å². The van der Waals surface area contributed by atoms with Crippen molar-refractivity contribution >= 4 is 5.97 Å². The fourth-order valence-corrected chi connectivity index (χ4v) is 4.90. The van der Waals surface area contributed by atoms with Gasteiger partial charge in [0.2, 0.25) is 0 Å². The minimum absolute atomic E-state index is 0.0104. The van der Waals surface area contributed by atoms with E-state index in [1.807, 2.05) is 0 Å². The Balaban J connectivity index is 2.31. The van der Waals surface area contributed by atoms with Crippen LogP contribution in [-0.4, -0.2) is 23.8 Å². The first-order chi connectivity index (χ1) is 9.23. The van der Waals surface area contributed by atoms with Gasteiger partial charge in [0, 0.05) is 18.3 Å². The van der Waals surface area contributed by atoms with Gasteiger partial charge in [-0.3, -0.25) is 4.79 Å². The van der Waals surface area contributed by atoms with E-state index in [4.69, 9.17) is 4.74 Å². The predicted molar refractivity (Wildman–Crippen MR) is 79.1 cm³/mol. The highest BCUT2D eigenvalue weighted by Gasteiger charge is 2.56. The monoisotopic (exact) mass is 280 g/mol. The summed E-state index contributed by atoms with van der Waals surface area (Å²) in [6, 6.07) is 0. The van der Waals surface area contributed by atoms with Crippen molar-refractivity contribution in [2.24, 2.45) is 22.7 Å². The molecule has 1 N–H and O–H groups in total. The van der Waals surface area contributed by atoms with Crippen molar-refractivity contribution in [1.82, 2.24) is 0 Å². The van der Waals surface area contributed by atoms with Crippen molar-refractivity contribution in [2.75, 3.05) is 6.61 Å². The highest BCUT2D eigenvalue weighted by molar-refractivity contribution is 5.66. The average molecular weight is 280 g/mol. The molecule has 0 aromatic carbocycles. The van der Waals surface area contributed by atoms with Gasteiger partial charge < -0.3 is 9.84 Å². The summed E-state index contributed by atoms with van der Waals surface area (Å²) in [5.41, 5.74) is 1.21. The maximum absolute atomic E-state index is 11.3. The Kier molecular flexibility index (Phi) is 4.03. The van der Waals surface area contributed by atoms with E-state index in [1.165, 1.54) is 12.5 Å². The summed E-state index contributed by atoms with van der Waals surface area (Å²) in [5, 5.41) is 9.80. The van der Waals surface area contributed by atoms with Gasteiger partial charge in [0.05, 0.1) is 6.61 Å². The number of carbonyl (C=O) groups is 1. The van der Waals surface area contributed by atoms with E-state index < -0.39 is 0 Å². The van der Waals surface area contributed by atoms with Crippen molar-refractivity contribution < 1.29 is 14.6 Å². The summed E-state index contributed by atoms with van der Waals surface area (Å²) < 4.78 is 5.57. The van der Waals surface area contributed by atoms with Gasteiger partial charge in [-0.15, -0.1) is 0 Å². The molecule has 0 saturated heterocycles. The van der Waals surface area contributed by atoms with Crippen LogP contribution < -0.4 is 0 Å². The lowest BCUT2D eigenvalue weighted by Crippen LogP contribution is -2.56. The number of carbonyl (C=O) groups excluding carboxylic acids is 1. The van der Waals surface area contributed by atoms with Crippen LogP contribution in [0.2, 0.25) is 0 Å². The van der Waals surface area contributed by atoms with Crippen LogP contribution in [0.3, 0.4) is 0 Å². The minimum atomic E-state index is -0.189.